The average molecular weight is 504 g/mol. The largest absolute Gasteiger partial charge is 0.493 e. The minimum Gasteiger partial charge on any atom is -0.493 e. The van der Waals surface area contributed by atoms with Crippen LogP contribution in [0, 0.1) is 5.92 Å². The number of fused-ring (bicyclic) bond motifs is 1. The highest BCUT2D eigenvalue weighted by molar-refractivity contribution is 6.05. The molecule has 1 atom stereocenters. The van der Waals surface area contributed by atoms with Crippen LogP contribution in [0.5, 0.6) is 34.5 Å². The van der Waals surface area contributed by atoms with E-state index in [1.807, 2.05) is 0 Å². The quantitative estimate of drug-likeness (QED) is 0.483. The number of esters is 1. The van der Waals surface area contributed by atoms with Crippen molar-refractivity contribution in [2.45, 2.75) is 13.3 Å². The number of rotatable bonds is 10. The molecule has 0 fully saturated rings. The predicted octanol–water partition coefficient (Wildman–Crippen LogP) is 2.81. The van der Waals surface area contributed by atoms with Gasteiger partial charge in [-0.1, -0.05) is 6.07 Å². The number of nitrogens with one attached hydrogen (secondary N) is 1. The molecule has 0 aliphatic carbocycles. The summed E-state index contributed by atoms with van der Waals surface area (Å²) in [4.78, 5) is 37.0. The van der Waals surface area contributed by atoms with E-state index in [2.05, 4.69) is 5.32 Å². The Morgan fingerprint density at radius 3 is 2.33 bits per heavy atom. The van der Waals surface area contributed by atoms with E-state index in [1.165, 1.54) is 28.4 Å². The van der Waals surface area contributed by atoms with E-state index in [4.69, 9.17) is 33.2 Å². The van der Waals surface area contributed by atoms with Gasteiger partial charge in [-0.15, -0.1) is 0 Å². The van der Waals surface area contributed by atoms with Crippen LogP contribution in [0.4, 0.5) is 4.79 Å². The lowest BCUT2D eigenvalue weighted by molar-refractivity contribution is -0.141. The van der Waals surface area contributed by atoms with Gasteiger partial charge in [0, 0.05) is 6.07 Å². The van der Waals surface area contributed by atoms with E-state index in [0.717, 1.165) is 0 Å². The van der Waals surface area contributed by atoms with Crippen molar-refractivity contribution in [2.24, 2.45) is 5.92 Å². The fourth-order valence-corrected chi connectivity index (χ4v) is 3.81. The first-order chi connectivity index (χ1) is 17.4. The van der Waals surface area contributed by atoms with Gasteiger partial charge in [-0.05, 0) is 31.0 Å². The van der Waals surface area contributed by atoms with E-state index >= 15 is 0 Å². The van der Waals surface area contributed by atoms with E-state index in [0.29, 0.717) is 35.0 Å². The van der Waals surface area contributed by atoms with Crippen molar-refractivity contribution in [1.82, 2.24) is 5.32 Å². The minimum absolute atomic E-state index is 0.130. The second kappa shape index (κ2) is 12.0. The lowest BCUT2D eigenvalue weighted by Gasteiger charge is -2.27. The van der Waals surface area contributed by atoms with Crippen molar-refractivity contribution < 1.29 is 47.5 Å². The van der Waals surface area contributed by atoms with Crippen LogP contribution in [0.15, 0.2) is 24.3 Å². The zero-order valence-electron chi connectivity index (χ0n) is 20.8. The lowest BCUT2D eigenvalue weighted by atomic mass is 9.88. The molecule has 1 heterocycles. The number of hydrogen-bond acceptors (Lipinski definition) is 10. The second-order valence-electron chi connectivity index (χ2n) is 7.63. The number of carbonyl (C=O) groups is 3. The normalized spacial score (nSPS) is 14.1. The molecule has 194 valence electrons. The molecule has 2 aromatic carbocycles. The first-order valence-electron chi connectivity index (χ1n) is 11.1. The Kier molecular flexibility index (Phi) is 8.82. The third kappa shape index (κ3) is 5.73. The zero-order chi connectivity index (χ0) is 26.2. The first kappa shape index (κ1) is 26.5. The molecule has 0 saturated carbocycles. The highest BCUT2D eigenvalue weighted by Gasteiger charge is 2.35. The van der Waals surface area contributed by atoms with Gasteiger partial charge in [-0.2, -0.15) is 0 Å². The van der Waals surface area contributed by atoms with Crippen LogP contribution in [0.3, 0.4) is 0 Å². The molecule has 1 N–H and O–H groups in total. The maximum absolute atomic E-state index is 13.4. The number of benzene rings is 2. The Hall–Kier alpha value is -4.15. The molecule has 36 heavy (non-hydrogen) atoms. The number of amides is 1. The molecular weight excluding hydrogens is 474 g/mol. The zero-order valence-corrected chi connectivity index (χ0v) is 20.8. The van der Waals surface area contributed by atoms with E-state index in [-0.39, 0.29) is 42.6 Å². The topological polar surface area (TPSA) is 128 Å². The van der Waals surface area contributed by atoms with Crippen molar-refractivity contribution in [3.8, 4) is 34.5 Å². The minimum atomic E-state index is -0.852. The molecule has 3 rings (SSSR count). The van der Waals surface area contributed by atoms with Crippen LogP contribution in [0.1, 0.15) is 22.8 Å². The summed E-state index contributed by atoms with van der Waals surface area (Å²) in [6.07, 6.45) is -0.559. The molecule has 1 aliphatic rings. The van der Waals surface area contributed by atoms with Gasteiger partial charge in [-0.25, -0.2) is 4.79 Å². The molecular formula is C25H29NO10. The number of ketones is 1. The summed E-state index contributed by atoms with van der Waals surface area (Å²) in [6.45, 7) is 1.66. The maximum Gasteiger partial charge on any atom is 0.413 e. The molecule has 0 aromatic heterocycles. The molecule has 0 spiro atoms. The standard InChI is InChI=1S/C25H29NO10/c1-6-34-20(27)12-26-25(29)36-17-10-14(7-8-16(17)30-2)9-15-13-35-18-11-19(31-3)23(32-4)24(33-5)21(18)22(15)28/h7-8,10-11,15H,6,9,12-13H2,1-5H3,(H,26,29). The Morgan fingerprint density at radius 2 is 1.69 bits per heavy atom. The summed E-state index contributed by atoms with van der Waals surface area (Å²) in [5.74, 6) is 0.396. The highest BCUT2D eigenvalue weighted by Crippen LogP contribution is 2.47. The lowest BCUT2D eigenvalue weighted by Crippen LogP contribution is -2.33. The van der Waals surface area contributed by atoms with E-state index < -0.39 is 18.0 Å². The first-order valence-corrected chi connectivity index (χ1v) is 11.1. The van der Waals surface area contributed by atoms with Crippen LogP contribution in [-0.4, -0.2) is 66.0 Å². The number of methoxy groups -OCH3 is 4. The van der Waals surface area contributed by atoms with Crippen molar-refractivity contribution in [2.75, 3.05) is 48.2 Å². The Morgan fingerprint density at radius 1 is 0.972 bits per heavy atom. The third-order valence-electron chi connectivity index (χ3n) is 5.45. The van der Waals surface area contributed by atoms with Crippen LogP contribution in [0.25, 0.3) is 0 Å². The summed E-state index contributed by atoms with van der Waals surface area (Å²) in [7, 11) is 5.81. The van der Waals surface area contributed by atoms with Gasteiger partial charge in [0.15, 0.2) is 28.8 Å². The number of ether oxygens (including phenoxy) is 7. The highest BCUT2D eigenvalue weighted by atomic mass is 16.6. The summed E-state index contributed by atoms with van der Waals surface area (Å²) < 4.78 is 37.4. The van der Waals surface area contributed by atoms with Gasteiger partial charge in [0.05, 0.1) is 47.6 Å². The van der Waals surface area contributed by atoms with Crippen LogP contribution >= 0.6 is 0 Å². The summed E-state index contributed by atoms with van der Waals surface area (Å²) in [5, 5.41) is 2.32. The Bertz CT molecular complexity index is 1130. The average Bonchev–Trinajstić information content (AvgIpc) is 2.88. The van der Waals surface area contributed by atoms with Crippen molar-refractivity contribution in [1.29, 1.82) is 0 Å². The smallest absolute Gasteiger partial charge is 0.413 e. The number of carbonyl (C=O) groups excluding carboxylic acids is 3. The van der Waals surface area contributed by atoms with Crippen molar-refractivity contribution in [3.05, 3.63) is 35.4 Å². The van der Waals surface area contributed by atoms with Crippen molar-refractivity contribution in [3.63, 3.8) is 0 Å². The van der Waals surface area contributed by atoms with Crippen LogP contribution in [0.2, 0.25) is 0 Å². The Balaban J connectivity index is 1.80. The molecule has 1 unspecified atom stereocenters. The fourth-order valence-electron chi connectivity index (χ4n) is 3.81. The molecule has 0 radical (unpaired) electrons. The molecule has 11 heteroatoms. The summed E-state index contributed by atoms with van der Waals surface area (Å²) in [6, 6.07) is 6.58. The van der Waals surface area contributed by atoms with Gasteiger partial charge < -0.3 is 38.5 Å². The number of Topliss-reactive ketones (excluding diaryl/α,β-unsaturated/α-hetero) is 1. The van der Waals surface area contributed by atoms with E-state index in [1.54, 1.807) is 31.2 Å². The third-order valence-corrected chi connectivity index (χ3v) is 5.45. The van der Waals surface area contributed by atoms with Crippen LogP contribution < -0.4 is 33.7 Å². The molecule has 0 saturated heterocycles. The summed E-state index contributed by atoms with van der Waals surface area (Å²) >= 11 is 0. The monoisotopic (exact) mass is 503 g/mol. The van der Waals surface area contributed by atoms with Gasteiger partial charge >= 0.3 is 12.1 Å². The van der Waals surface area contributed by atoms with Crippen LogP contribution in [-0.2, 0) is 16.0 Å². The molecule has 2 aromatic rings. The van der Waals surface area contributed by atoms with Gasteiger partial charge in [0.25, 0.3) is 0 Å². The molecule has 1 aliphatic heterocycles. The predicted molar refractivity (Wildman–Crippen MR) is 127 cm³/mol. The SMILES string of the molecule is CCOC(=O)CNC(=O)Oc1cc(CC2COc3cc(OC)c(OC)c(OC)c3C2=O)ccc1OC. The molecule has 0 bridgehead atoms. The summed E-state index contributed by atoms with van der Waals surface area (Å²) in [5.41, 5.74) is 0.976. The maximum atomic E-state index is 13.4. The number of hydrogen-bond donors (Lipinski definition) is 1. The fraction of sp³-hybridized carbons (Fsp3) is 0.400. The van der Waals surface area contributed by atoms with Gasteiger partial charge in [0.2, 0.25) is 5.75 Å². The second-order valence-corrected chi connectivity index (χ2v) is 7.63. The molecule has 11 nitrogen and oxygen atoms in total. The van der Waals surface area contributed by atoms with Crippen molar-refractivity contribution >= 4 is 17.8 Å². The Labute approximate surface area is 208 Å². The van der Waals surface area contributed by atoms with E-state index in [9.17, 15) is 14.4 Å². The van der Waals surface area contributed by atoms with Gasteiger partial charge in [-0.3, -0.25) is 9.59 Å². The molecule has 1 amide bonds. The van der Waals surface area contributed by atoms with Gasteiger partial charge in [0.1, 0.15) is 17.9 Å².